The third-order valence-corrected chi connectivity index (χ3v) is 3.66. The number of benzene rings is 1. The topological polar surface area (TPSA) is 33.7 Å². The molecule has 1 fully saturated rings. The molecule has 0 aromatic heterocycles. The molecule has 0 bridgehead atoms. The van der Waals surface area contributed by atoms with Crippen LogP contribution in [0.1, 0.15) is 19.3 Å². The van der Waals surface area contributed by atoms with Crippen LogP contribution in [0.25, 0.3) is 0 Å². The predicted molar refractivity (Wildman–Crippen MR) is 81.6 cm³/mol. The molecule has 1 aromatic carbocycles. The monoisotopic (exact) mass is 278 g/mol. The van der Waals surface area contributed by atoms with Gasteiger partial charge >= 0.3 is 0 Å². The average Bonchev–Trinajstić information content (AvgIpc) is 2.52. The molecule has 1 heterocycles. The van der Waals surface area contributed by atoms with Gasteiger partial charge < -0.3 is 19.7 Å². The largest absolute Gasteiger partial charge is 0.497 e. The summed E-state index contributed by atoms with van der Waals surface area (Å²) in [5.41, 5.74) is 0. The first kappa shape index (κ1) is 15.1. The molecule has 0 saturated carbocycles. The van der Waals surface area contributed by atoms with Crippen molar-refractivity contribution in [3.63, 3.8) is 0 Å². The number of nitrogens with one attached hydrogen (secondary N) is 1. The maximum atomic E-state index is 5.72. The lowest BCUT2D eigenvalue weighted by Gasteiger charge is -2.26. The van der Waals surface area contributed by atoms with E-state index < -0.39 is 0 Å². The summed E-state index contributed by atoms with van der Waals surface area (Å²) in [4.78, 5) is 2.54. The van der Waals surface area contributed by atoms with Crippen molar-refractivity contribution in [1.82, 2.24) is 10.2 Å². The molecular formula is C16H26N2O2. The van der Waals surface area contributed by atoms with Crippen molar-refractivity contribution < 1.29 is 9.47 Å². The Morgan fingerprint density at radius 1 is 1.00 bits per heavy atom. The molecule has 4 nitrogen and oxygen atoms in total. The molecule has 1 N–H and O–H groups in total. The molecule has 4 heteroatoms. The van der Waals surface area contributed by atoms with Crippen molar-refractivity contribution in [2.75, 3.05) is 46.4 Å². The summed E-state index contributed by atoms with van der Waals surface area (Å²) in [6, 6.07) is 7.78. The van der Waals surface area contributed by atoms with Crippen LogP contribution in [0.5, 0.6) is 11.5 Å². The van der Waals surface area contributed by atoms with Gasteiger partial charge in [0.05, 0.1) is 13.7 Å². The molecule has 1 saturated heterocycles. The van der Waals surface area contributed by atoms with E-state index >= 15 is 0 Å². The van der Waals surface area contributed by atoms with Gasteiger partial charge in [0.1, 0.15) is 11.5 Å². The Kier molecular flexibility index (Phi) is 6.68. The maximum Gasteiger partial charge on any atom is 0.119 e. The maximum absolute atomic E-state index is 5.72. The van der Waals surface area contributed by atoms with Crippen LogP contribution in [-0.4, -0.2) is 51.3 Å². The molecule has 0 atom stereocenters. The Balaban J connectivity index is 1.50. The highest BCUT2D eigenvalue weighted by Crippen LogP contribution is 2.17. The van der Waals surface area contributed by atoms with Crippen LogP contribution in [-0.2, 0) is 0 Å². The third kappa shape index (κ3) is 5.39. The van der Waals surface area contributed by atoms with E-state index in [1.165, 1.54) is 32.5 Å². The van der Waals surface area contributed by atoms with Gasteiger partial charge in [-0.3, -0.25) is 0 Å². The summed E-state index contributed by atoms with van der Waals surface area (Å²) >= 11 is 0. The van der Waals surface area contributed by atoms with Crippen molar-refractivity contribution in [2.45, 2.75) is 19.3 Å². The summed E-state index contributed by atoms with van der Waals surface area (Å²) in [5.74, 6) is 1.79. The van der Waals surface area contributed by atoms with Gasteiger partial charge in [-0.05, 0) is 50.1 Å². The van der Waals surface area contributed by atoms with Crippen LogP contribution in [0.3, 0.4) is 0 Å². The second-order valence-electron chi connectivity index (χ2n) is 5.18. The number of rotatable bonds is 8. The first-order valence-electron chi connectivity index (χ1n) is 7.58. The van der Waals surface area contributed by atoms with Crippen molar-refractivity contribution in [1.29, 1.82) is 0 Å². The van der Waals surface area contributed by atoms with Gasteiger partial charge in [0, 0.05) is 26.2 Å². The van der Waals surface area contributed by atoms with E-state index in [4.69, 9.17) is 9.47 Å². The molecule has 0 spiro atoms. The molecule has 1 aromatic rings. The van der Waals surface area contributed by atoms with E-state index in [-0.39, 0.29) is 0 Å². The van der Waals surface area contributed by atoms with Gasteiger partial charge in [0.2, 0.25) is 0 Å². The lowest BCUT2D eigenvalue weighted by molar-refractivity contribution is 0.232. The van der Waals surface area contributed by atoms with Crippen molar-refractivity contribution in [2.24, 2.45) is 0 Å². The number of nitrogens with zero attached hydrogens (tertiary/aromatic N) is 1. The van der Waals surface area contributed by atoms with Crippen LogP contribution < -0.4 is 14.8 Å². The normalized spacial score (nSPS) is 16.1. The highest BCUT2D eigenvalue weighted by molar-refractivity contribution is 5.31. The van der Waals surface area contributed by atoms with E-state index in [9.17, 15) is 0 Å². The number of methoxy groups -OCH3 is 1. The lowest BCUT2D eigenvalue weighted by Crippen LogP contribution is -2.43. The molecule has 1 aliphatic heterocycles. The number of piperazine rings is 1. The standard InChI is InChI=1S/C16H26N2O2/c1-19-15-5-7-16(8-6-15)20-14-4-2-3-11-18-12-9-17-10-13-18/h5-8,17H,2-4,9-14H2,1H3. The third-order valence-electron chi connectivity index (χ3n) is 3.66. The minimum absolute atomic E-state index is 0.799. The molecule has 0 aliphatic carbocycles. The minimum atomic E-state index is 0.799. The van der Waals surface area contributed by atoms with Crippen LogP contribution in [0.15, 0.2) is 24.3 Å². The quantitative estimate of drug-likeness (QED) is 0.739. The summed E-state index contributed by atoms with van der Waals surface area (Å²) in [6.45, 7) is 6.70. The number of hydrogen-bond donors (Lipinski definition) is 1. The van der Waals surface area contributed by atoms with Crippen molar-refractivity contribution in [3.8, 4) is 11.5 Å². The molecular weight excluding hydrogens is 252 g/mol. The van der Waals surface area contributed by atoms with Gasteiger partial charge in [0.15, 0.2) is 0 Å². The van der Waals surface area contributed by atoms with E-state index in [0.29, 0.717) is 0 Å². The van der Waals surface area contributed by atoms with Gasteiger partial charge in [0.25, 0.3) is 0 Å². The Morgan fingerprint density at radius 2 is 1.70 bits per heavy atom. The smallest absolute Gasteiger partial charge is 0.119 e. The molecule has 0 radical (unpaired) electrons. The zero-order chi connectivity index (χ0) is 14.0. The van der Waals surface area contributed by atoms with Gasteiger partial charge in [-0.1, -0.05) is 0 Å². The fourth-order valence-corrected chi connectivity index (χ4v) is 2.41. The van der Waals surface area contributed by atoms with E-state index in [1.54, 1.807) is 7.11 Å². The number of unbranched alkanes of at least 4 members (excludes halogenated alkanes) is 2. The zero-order valence-electron chi connectivity index (χ0n) is 12.4. The van der Waals surface area contributed by atoms with E-state index in [1.807, 2.05) is 24.3 Å². The molecule has 0 unspecified atom stereocenters. The SMILES string of the molecule is COc1ccc(OCCCCCN2CCNCC2)cc1. The Hall–Kier alpha value is -1.26. The molecule has 20 heavy (non-hydrogen) atoms. The van der Waals surface area contributed by atoms with Crippen LogP contribution in [0.4, 0.5) is 0 Å². The Bertz CT molecular complexity index is 361. The highest BCUT2D eigenvalue weighted by atomic mass is 16.5. The molecule has 112 valence electrons. The summed E-state index contributed by atoms with van der Waals surface area (Å²) in [5, 5.41) is 3.38. The fraction of sp³-hybridized carbons (Fsp3) is 0.625. The first-order chi connectivity index (χ1) is 9.88. The Labute approximate surface area is 122 Å². The summed E-state index contributed by atoms with van der Waals surface area (Å²) in [6.07, 6.45) is 3.63. The van der Waals surface area contributed by atoms with Crippen LogP contribution >= 0.6 is 0 Å². The second-order valence-corrected chi connectivity index (χ2v) is 5.18. The molecule has 0 amide bonds. The van der Waals surface area contributed by atoms with Gasteiger partial charge in [-0.25, -0.2) is 0 Å². The molecule has 1 aliphatic rings. The minimum Gasteiger partial charge on any atom is -0.497 e. The number of ether oxygens (including phenoxy) is 2. The summed E-state index contributed by atoms with van der Waals surface area (Å²) in [7, 11) is 1.67. The Morgan fingerprint density at radius 3 is 2.40 bits per heavy atom. The van der Waals surface area contributed by atoms with Crippen LogP contribution in [0.2, 0.25) is 0 Å². The van der Waals surface area contributed by atoms with Crippen molar-refractivity contribution in [3.05, 3.63) is 24.3 Å². The van der Waals surface area contributed by atoms with E-state index in [0.717, 1.165) is 37.6 Å². The lowest BCUT2D eigenvalue weighted by atomic mass is 10.2. The van der Waals surface area contributed by atoms with Crippen LogP contribution in [0, 0.1) is 0 Å². The zero-order valence-corrected chi connectivity index (χ0v) is 12.4. The summed E-state index contributed by atoms with van der Waals surface area (Å²) < 4.78 is 10.8. The molecule has 2 rings (SSSR count). The first-order valence-corrected chi connectivity index (χ1v) is 7.58. The average molecular weight is 278 g/mol. The van der Waals surface area contributed by atoms with E-state index in [2.05, 4.69) is 10.2 Å². The fourth-order valence-electron chi connectivity index (χ4n) is 2.41. The predicted octanol–water partition coefficient (Wildman–Crippen LogP) is 2.15. The highest BCUT2D eigenvalue weighted by Gasteiger charge is 2.07. The van der Waals surface area contributed by atoms with Gasteiger partial charge in [-0.2, -0.15) is 0 Å². The van der Waals surface area contributed by atoms with Crippen molar-refractivity contribution >= 4 is 0 Å². The number of hydrogen-bond acceptors (Lipinski definition) is 4. The van der Waals surface area contributed by atoms with Gasteiger partial charge in [-0.15, -0.1) is 0 Å². The second kappa shape index (κ2) is 8.82.